The van der Waals surface area contributed by atoms with Gasteiger partial charge in [-0.3, -0.25) is 0 Å². The Hall–Kier alpha value is -1.59. The van der Waals surface area contributed by atoms with Gasteiger partial charge in [-0.05, 0) is 31.9 Å². The number of nitrogens with one attached hydrogen (secondary N) is 1. The SMILES string of the molecule is CO[C@@H]1C[C@H](O)C12CCN(C(=O)Nc1ccc(C)cc1)CC2. The number of carbonyl (C=O) groups excluding carboxylic acids is 1. The van der Waals surface area contributed by atoms with Crippen molar-refractivity contribution in [3.05, 3.63) is 29.8 Å². The van der Waals surface area contributed by atoms with Crippen LogP contribution in [0.25, 0.3) is 0 Å². The molecule has 2 N–H and O–H groups in total. The summed E-state index contributed by atoms with van der Waals surface area (Å²) in [6.07, 6.45) is 2.15. The molecular weight excluding hydrogens is 280 g/mol. The minimum absolute atomic E-state index is 0.0681. The number of carbonyl (C=O) groups is 1. The molecule has 5 nitrogen and oxygen atoms in total. The van der Waals surface area contributed by atoms with Gasteiger partial charge in [0, 0.05) is 37.7 Å². The molecule has 22 heavy (non-hydrogen) atoms. The number of hydrogen-bond donors (Lipinski definition) is 2. The highest BCUT2D eigenvalue weighted by atomic mass is 16.5. The number of rotatable bonds is 2. The Labute approximate surface area is 131 Å². The van der Waals surface area contributed by atoms with Crippen molar-refractivity contribution < 1.29 is 14.6 Å². The van der Waals surface area contributed by atoms with Crippen molar-refractivity contribution in [3.63, 3.8) is 0 Å². The Balaban J connectivity index is 1.57. The summed E-state index contributed by atoms with van der Waals surface area (Å²) in [6, 6.07) is 7.72. The van der Waals surface area contributed by atoms with Gasteiger partial charge >= 0.3 is 6.03 Å². The molecule has 2 fully saturated rings. The number of ether oxygens (including phenoxy) is 1. The van der Waals surface area contributed by atoms with Crippen LogP contribution in [-0.2, 0) is 4.74 Å². The normalized spacial score (nSPS) is 26.6. The zero-order valence-corrected chi connectivity index (χ0v) is 13.2. The van der Waals surface area contributed by atoms with Crippen LogP contribution in [0.5, 0.6) is 0 Å². The number of anilines is 1. The van der Waals surface area contributed by atoms with Crippen LogP contribution in [0.2, 0.25) is 0 Å². The van der Waals surface area contributed by atoms with E-state index in [4.69, 9.17) is 4.74 Å². The van der Waals surface area contributed by atoms with E-state index < -0.39 is 0 Å². The molecule has 2 aliphatic rings. The summed E-state index contributed by atoms with van der Waals surface area (Å²) in [5, 5.41) is 13.0. The number of aliphatic hydroxyl groups is 1. The standard InChI is InChI=1S/C17H24N2O3/c1-12-3-5-13(6-4-12)18-16(21)19-9-7-17(8-10-19)14(20)11-15(17)22-2/h3-6,14-15,20H,7-11H2,1-2H3,(H,18,21)/t14-,15+/m0/s1. The summed E-state index contributed by atoms with van der Waals surface area (Å²) in [7, 11) is 1.70. The number of urea groups is 1. The number of benzene rings is 1. The van der Waals surface area contributed by atoms with Gasteiger partial charge in [-0.15, -0.1) is 0 Å². The van der Waals surface area contributed by atoms with E-state index in [9.17, 15) is 9.90 Å². The van der Waals surface area contributed by atoms with Crippen LogP contribution in [0.3, 0.4) is 0 Å². The molecule has 2 amide bonds. The third-order valence-corrected chi connectivity index (χ3v) is 5.31. The molecule has 2 atom stereocenters. The van der Waals surface area contributed by atoms with Crippen LogP contribution < -0.4 is 5.32 Å². The molecule has 1 spiro atoms. The molecule has 0 radical (unpaired) electrons. The zero-order chi connectivity index (χ0) is 15.7. The maximum atomic E-state index is 12.3. The predicted octanol–water partition coefficient (Wildman–Crippen LogP) is 2.39. The minimum Gasteiger partial charge on any atom is -0.392 e. The number of hydrogen-bond acceptors (Lipinski definition) is 3. The Morgan fingerprint density at radius 1 is 1.32 bits per heavy atom. The number of amides is 2. The highest BCUT2D eigenvalue weighted by Gasteiger charge is 2.56. The second-order valence-electron chi connectivity index (χ2n) is 6.49. The smallest absolute Gasteiger partial charge is 0.321 e. The van der Waals surface area contributed by atoms with E-state index in [0.717, 1.165) is 18.5 Å². The van der Waals surface area contributed by atoms with Crippen molar-refractivity contribution in [3.8, 4) is 0 Å². The molecule has 1 saturated heterocycles. The van der Waals surface area contributed by atoms with Gasteiger partial charge in [0.05, 0.1) is 12.2 Å². The van der Waals surface area contributed by atoms with Crippen molar-refractivity contribution in [2.45, 2.75) is 38.4 Å². The number of aryl methyl sites for hydroxylation is 1. The monoisotopic (exact) mass is 304 g/mol. The quantitative estimate of drug-likeness (QED) is 0.882. The topological polar surface area (TPSA) is 61.8 Å². The van der Waals surface area contributed by atoms with Gasteiger partial charge in [-0.1, -0.05) is 17.7 Å². The van der Waals surface area contributed by atoms with Crippen molar-refractivity contribution in [2.75, 3.05) is 25.5 Å². The Morgan fingerprint density at radius 3 is 2.50 bits per heavy atom. The molecule has 1 aromatic carbocycles. The Morgan fingerprint density at radius 2 is 1.95 bits per heavy atom. The average molecular weight is 304 g/mol. The molecule has 0 unspecified atom stereocenters. The van der Waals surface area contributed by atoms with Crippen LogP contribution in [0, 0.1) is 12.3 Å². The second-order valence-corrected chi connectivity index (χ2v) is 6.49. The fourth-order valence-electron chi connectivity index (χ4n) is 3.68. The molecular formula is C17H24N2O3. The van der Waals surface area contributed by atoms with Crippen molar-refractivity contribution in [1.29, 1.82) is 0 Å². The third-order valence-electron chi connectivity index (χ3n) is 5.31. The van der Waals surface area contributed by atoms with Crippen LogP contribution in [0.15, 0.2) is 24.3 Å². The molecule has 120 valence electrons. The summed E-state index contributed by atoms with van der Waals surface area (Å²) in [4.78, 5) is 14.1. The van der Waals surface area contributed by atoms with Crippen LogP contribution >= 0.6 is 0 Å². The lowest BCUT2D eigenvalue weighted by Crippen LogP contribution is -2.62. The minimum atomic E-state index is -0.292. The number of likely N-dealkylation sites (tertiary alicyclic amines) is 1. The second kappa shape index (κ2) is 5.89. The number of methoxy groups -OCH3 is 1. The summed E-state index contributed by atoms with van der Waals surface area (Å²) < 4.78 is 5.47. The van der Waals surface area contributed by atoms with Gasteiger partial charge in [0.25, 0.3) is 0 Å². The summed E-state index contributed by atoms with van der Waals surface area (Å²) in [6.45, 7) is 3.34. The van der Waals surface area contributed by atoms with Gasteiger partial charge in [0.1, 0.15) is 0 Å². The van der Waals surface area contributed by atoms with E-state index in [2.05, 4.69) is 5.32 Å². The highest BCUT2D eigenvalue weighted by Crippen LogP contribution is 2.50. The maximum Gasteiger partial charge on any atom is 0.321 e. The number of nitrogens with zero attached hydrogens (tertiary/aromatic N) is 1. The maximum absolute atomic E-state index is 12.3. The molecule has 1 saturated carbocycles. The van der Waals surface area contributed by atoms with E-state index >= 15 is 0 Å². The fourth-order valence-corrected chi connectivity index (χ4v) is 3.68. The molecule has 1 aliphatic carbocycles. The van der Waals surface area contributed by atoms with Crippen LogP contribution in [0.1, 0.15) is 24.8 Å². The van der Waals surface area contributed by atoms with E-state index in [1.165, 1.54) is 5.56 Å². The number of aliphatic hydroxyl groups excluding tert-OH is 1. The van der Waals surface area contributed by atoms with E-state index in [1.807, 2.05) is 36.1 Å². The fraction of sp³-hybridized carbons (Fsp3) is 0.588. The van der Waals surface area contributed by atoms with Gasteiger partial charge < -0.3 is 20.1 Å². The molecule has 0 aromatic heterocycles. The predicted molar refractivity (Wildman–Crippen MR) is 84.9 cm³/mol. The van der Waals surface area contributed by atoms with Gasteiger partial charge in [-0.2, -0.15) is 0 Å². The van der Waals surface area contributed by atoms with E-state index in [1.54, 1.807) is 7.11 Å². The zero-order valence-electron chi connectivity index (χ0n) is 13.2. The largest absolute Gasteiger partial charge is 0.392 e. The first-order valence-electron chi connectivity index (χ1n) is 7.88. The van der Waals surface area contributed by atoms with Gasteiger partial charge in [0.2, 0.25) is 0 Å². The van der Waals surface area contributed by atoms with Crippen molar-refractivity contribution >= 4 is 11.7 Å². The van der Waals surface area contributed by atoms with E-state index in [-0.39, 0.29) is 23.7 Å². The summed E-state index contributed by atoms with van der Waals surface area (Å²) in [5.74, 6) is 0. The molecule has 3 rings (SSSR count). The van der Waals surface area contributed by atoms with Crippen molar-refractivity contribution in [2.24, 2.45) is 5.41 Å². The molecule has 5 heteroatoms. The molecule has 1 aliphatic heterocycles. The first-order chi connectivity index (χ1) is 10.5. The highest BCUT2D eigenvalue weighted by molar-refractivity contribution is 5.89. The van der Waals surface area contributed by atoms with Gasteiger partial charge in [0.15, 0.2) is 0 Å². The summed E-state index contributed by atoms with van der Waals surface area (Å²) >= 11 is 0. The lowest BCUT2D eigenvalue weighted by atomic mass is 9.58. The van der Waals surface area contributed by atoms with Gasteiger partial charge in [-0.25, -0.2) is 4.79 Å². The van der Waals surface area contributed by atoms with Crippen LogP contribution in [0.4, 0.5) is 10.5 Å². The first kappa shape index (κ1) is 15.3. The molecule has 1 aromatic rings. The third kappa shape index (κ3) is 2.59. The van der Waals surface area contributed by atoms with Crippen LogP contribution in [-0.4, -0.2) is 48.4 Å². The Kier molecular flexibility index (Phi) is 4.10. The summed E-state index contributed by atoms with van der Waals surface area (Å²) in [5.41, 5.74) is 1.84. The van der Waals surface area contributed by atoms with Crippen molar-refractivity contribution in [1.82, 2.24) is 4.90 Å². The lowest BCUT2D eigenvalue weighted by Gasteiger charge is -2.56. The Bertz CT molecular complexity index is 535. The first-order valence-corrected chi connectivity index (χ1v) is 7.88. The van der Waals surface area contributed by atoms with E-state index in [0.29, 0.717) is 19.5 Å². The molecule has 0 bridgehead atoms. The lowest BCUT2D eigenvalue weighted by molar-refractivity contribution is -0.198. The molecule has 1 heterocycles. The average Bonchev–Trinajstić information content (AvgIpc) is 2.54. The number of piperidine rings is 1.